The second-order valence-electron chi connectivity index (χ2n) is 3.14. The maximum atomic E-state index is 5.53. The van der Waals surface area contributed by atoms with Crippen molar-refractivity contribution in [3.05, 3.63) is 0 Å². The first-order valence-corrected chi connectivity index (χ1v) is 5.60. The summed E-state index contributed by atoms with van der Waals surface area (Å²) in [5.74, 6) is 5.94. The number of nitrogens with one attached hydrogen (secondary N) is 1. The molecule has 15 heavy (non-hydrogen) atoms. The van der Waals surface area contributed by atoms with Gasteiger partial charge in [-0.1, -0.05) is 0 Å². The van der Waals surface area contributed by atoms with Gasteiger partial charge >= 0.3 is 0 Å². The number of ether oxygens (including phenoxy) is 2. The summed E-state index contributed by atoms with van der Waals surface area (Å²) in [6.45, 7) is 7.15. The molecule has 1 atom stereocenters. The molecule has 0 saturated heterocycles. The van der Waals surface area contributed by atoms with E-state index >= 15 is 0 Å². The molecule has 0 aliphatic rings. The molecule has 0 heterocycles. The fourth-order valence-electron chi connectivity index (χ4n) is 1.38. The van der Waals surface area contributed by atoms with Gasteiger partial charge in [-0.05, 0) is 34.2 Å². The number of hydrogen-bond donors (Lipinski definition) is 1. The van der Waals surface area contributed by atoms with Crippen molar-refractivity contribution in [3.63, 3.8) is 0 Å². The van der Waals surface area contributed by atoms with Crippen LogP contribution in [0.15, 0.2) is 0 Å². The molecule has 0 spiro atoms. The summed E-state index contributed by atoms with van der Waals surface area (Å²) < 4.78 is 11.1. The average molecular weight is 213 g/mol. The van der Waals surface area contributed by atoms with Crippen molar-refractivity contribution in [2.45, 2.75) is 45.9 Å². The summed E-state index contributed by atoms with van der Waals surface area (Å²) in [5.41, 5.74) is 0. The molecule has 0 aromatic rings. The largest absolute Gasteiger partial charge is 0.351 e. The highest BCUT2D eigenvalue weighted by molar-refractivity contribution is 4.95. The van der Waals surface area contributed by atoms with Gasteiger partial charge in [0.1, 0.15) is 0 Å². The van der Waals surface area contributed by atoms with E-state index in [1.54, 1.807) is 0 Å². The summed E-state index contributed by atoms with van der Waals surface area (Å²) in [6, 6.07) is 0.214. The van der Waals surface area contributed by atoms with Crippen LogP contribution in [0, 0.1) is 11.8 Å². The third-order valence-corrected chi connectivity index (χ3v) is 2.12. The van der Waals surface area contributed by atoms with Crippen LogP contribution in [-0.2, 0) is 9.47 Å². The zero-order chi connectivity index (χ0) is 11.5. The van der Waals surface area contributed by atoms with Crippen molar-refractivity contribution in [3.8, 4) is 11.8 Å². The molecule has 0 aromatic carbocycles. The second kappa shape index (κ2) is 9.97. The smallest absolute Gasteiger partial charge is 0.172 e. The summed E-state index contributed by atoms with van der Waals surface area (Å²) in [4.78, 5) is 0. The molecule has 0 amide bonds. The normalized spacial score (nSPS) is 12.3. The van der Waals surface area contributed by atoms with E-state index in [-0.39, 0.29) is 12.3 Å². The van der Waals surface area contributed by atoms with Gasteiger partial charge in [-0.25, -0.2) is 0 Å². The van der Waals surface area contributed by atoms with Crippen molar-refractivity contribution >= 4 is 0 Å². The first kappa shape index (κ1) is 14.4. The van der Waals surface area contributed by atoms with Crippen molar-refractivity contribution in [2.75, 3.05) is 20.3 Å². The molecule has 0 aromatic heterocycles. The zero-order valence-electron chi connectivity index (χ0n) is 10.3. The Balaban J connectivity index is 4.08. The highest BCUT2D eigenvalue weighted by atomic mass is 16.7. The molecule has 0 radical (unpaired) electrons. The van der Waals surface area contributed by atoms with E-state index in [1.807, 2.05) is 27.8 Å². The van der Waals surface area contributed by atoms with Crippen LogP contribution in [0.25, 0.3) is 0 Å². The first-order chi connectivity index (χ1) is 7.29. The lowest BCUT2D eigenvalue weighted by Crippen LogP contribution is -2.41. The Labute approximate surface area is 93.5 Å². The van der Waals surface area contributed by atoms with Crippen LogP contribution in [0.5, 0.6) is 0 Å². The second-order valence-corrected chi connectivity index (χ2v) is 3.14. The number of likely N-dealkylation sites (N-methyl/N-ethyl adjacent to an activating group) is 1. The molecule has 0 fully saturated rings. The molecule has 3 nitrogen and oxygen atoms in total. The summed E-state index contributed by atoms with van der Waals surface area (Å²) in [7, 11) is 1.93. The number of rotatable bonds is 8. The number of hydrogen-bond acceptors (Lipinski definition) is 3. The van der Waals surface area contributed by atoms with E-state index in [0.29, 0.717) is 13.2 Å². The molecule has 0 saturated carbocycles. The van der Waals surface area contributed by atoms with Crippen molar-refractivity contribution in [1.82, 2.24) is 5.32 Å². The Morgan fingerprint density at radius 2 is 1.80 bits per heavy atom. The zero-order valence-corrected chi connectivity index (χ0v) is 10.3. The van der Waals surface area contributed by atoms with Gasteiger partial charge in [0.25, 0.3) is 0 Å². The van der Waals surface area contributed by atoms with Crippen LogP contribution in [0.2, 0.25) is 0 Å². The molecule has 0 aliphatic heterocycles. The van der Waals surface area contributed by atoms with Crippen LogP contribution in [-0.4, -0.2) is 32.6 Å². The summed E-state index contributed by atoms with van der Waals surface area (Å²) >= 11 is 0. The first-order valence-electron chi connectivity index (χ1n) is 5.60. The Morgan fingerprint density at radius 3 is 2.20 bits per heavy atom. The van der Waals surface area contributed by atoms with E-state index in [1.165, 1.54) is 0 Å². The molecule has 1 N–H and O–H groups in total. The minimum absolute atomic E-state index is 0.163. The van der Waals surface area contributed by atoms with Gasteiger partial charge in [0.2, 0.25) is 0 Å². The Hall–Kier alpha value is -0.560. The SMILES string of the molecule is CC#CCCC(NC)C(OCC)OCC. The molecule has 1 unspecified atom stereocenters. The van der Waals surface area contributed by atoms with E-state index in [4.69, 9.17) is 9.47 Å². The maximum Gasteiger partial charge on any atom is 0.172 e. The molecule has 88 valence electrons. The van der Waals surface area contributed by atoms with Crippen LogP contribution in [0.1, 0.15) is 33.6 Å². The van der Waals surface area contributed by atoms with E-state index < -0.39 is 0 Å². The lowest BCUT2D eigenvalue weighted by Gasteiger charge is -2.25. The third-order valence-electron chi connectivity index (χ3n) is 2.12. The van der Waals surface area contributed by atoms with Crippen LogP contribution in [0.4, 0.5) is 0 Å². The fraction of sp³-hybridized carbons (Fsp3) is 0.833. The third kappa shape index (κ3) is 6.51. The molecule has 0 bridgehead atoms. The monoisotopic (exact) mass is 213 g/mol. The molecular formula is C12H23NO2. The summed E-state index contributed by atoms with van der Waals surface area (Å²) in [6.07, 6.45) is 1.66. The highest BCUT2D eigenvalue weighted by Gasteiger charge is 2.19. The van der Waals surface area contributed by atoms with Gasteiger partial charge < -0.3 is 14.8 Å². The van der Waals surface area contributed by atoms with E-state index in [2.05, 4.69) is 17.2 Å². The molecule has 0 aliphatic carbocycles. The van der Waals surface area contributed by atoms with E-state index in [9.17, 15) is 0 Å². The van der Waals surface area contributed by atoms with Gasteiger partial charge in [0.05, 0.1) is 6.04 Å². The topological polar surface area (TPSA) is 30.5 Å². The van der Waals surface area contributed by atoms with E-state index in [0.717, 1.165) is 12.8 Å². The Morgan fingerprint density at radius 1 is 1.20 bits per heavy atom. The average Bonchev–Trinajstić information content (AvgIpc) is 2.24. The highest BCUT2D eigenvalue weighted by Crippen LogP contribution is 2.07. The fourth-order valence-corrected chi connectivity index (χ4v) is 1.38. The Bertz CT molecular complexity index is 190. The lowest BCUT2D eigenvalue weighted by molar-refractivity contribution is -0.153. The van der Waals surface area contributed by atoms with Gasteiger partial charge in [0.15, 0.2) is 6.29 Å². The molecule has 3 heteroatoms. The lowest BCUT2D eigenvalue weighted by atomic mass is 10.1. The van der Waals surface area contributed by atoms with Crippen LogP contribution < -0.4 is 5.32 Å². The summed E-state index contributed by atoms with van der Waals surface area (Å²) in [5, 5.41) is 3.21. The van der Waals surface area contributed by atoms with Crippen LogP contribution >= 0.6 is 0 Å². The van der Waals surface area contributed by atoms with Gasteiger partial charge in [-0.2, -0.15) is 0 Å². The van der Waals surface area contributed by atoms with Gasteiger partial charge in [-0.15, -0.1) is 11.8 Å². The van der Waals surface area contributed by atoms with Gasteiger partial charge in [0, 0.05) is 19.6 Å². The minimum atomic E-state index is -0.163. The molecular weight excluding hydrogens is 190 g/mol. The minimum Gasteiger partial charge on any atom is -0.351 e. The van der Waals surface area contributed by atoms with Gasteiger partial charge in [-0.3, -0.25) is 0 Å². The van der Waals surface area contributed by atoms with Crippen LogP contribution in [0.3, 0.4) is 0 Å². The van der Waals surface area contributed by atoms with Crippen molar-refractivity contribution in [1.29, 1.82) is 0 Å². The van der Waals surface area contributed by atoms with Crippen molar-refractivity contribution in [2.24, 2.45) is 0 Å². The standard InChI is InChI=1S/C12H23NO2/c1-5-8-9-10-11(13-4)12(14-6-2)15-7-3/h11-13H,6-7,9-10H2,1-4H3. The maximum absolute atomic E-state index is 5.53. The predicted molar refractivity (Wildman–Crippen MR) is 62.6 cm³/mol. The van der Waals surface area contributed by atoms with Crippen molar-refractivity contribution < 1.29 is 9.47 Å². The predicted octanol–water partition coefficient (Wildman–Crippen LogP) is 1.78. The molecule has 0 rings (SSSR count). The Kier molecular flexibility index (Phi) is 9.60. The quantitative estimate of drug-likeness (QED) is 0.492.